The highest BCUT2D eigenvalue weighted by atomic mass is 16.1. The number of rotatable bonds is 5. The monoisotopic (exact) mass is 234 g/mol. The average molecular weight is 234 g/mol. The van der Waals surface area contributed by atoms with E-state index in [0.717, 1.165) is 12.1 Å². The zero-order valence-corrected chi connectivity index (χ0v) is 11.1. The minimum Gasteiger partial charge on any atom is -0.387 e. The Hall–Kier alpha value is -1.51. The van der Waals surface area contributed by atoms with Crippen LogP contribution in [0.1, 0.15) is 37.6 Å². The zero-order chi connectivity index (χ0) is 12.8. The quantitative estimate of drug-likeness (QED) is 0.822. The SMILES string of the molecule is CCC(C)C(C)NC(=O)c1ccccc1NC. The van der Waals surface area contributed by atoms with E-state index in [1.165, 1.54) is 0 Å². The molecular formula is C14H22N2O. The van der Waals surface area contributed by atoms with Crippen molar-refractivity contribution in [2.75, 3.05) is 12.4 Å². The highest BCUT2D eigenvalue weighted by Crippen LogP contribution is 2.15. The number of hydrogen-bond donors (Lipinski definition) is 2. The standard InChI is InChI=1S/C14H22N2O/c1-5-10(2)11(3)16-14(17)12-8-6-7-9-13(12)15-4/h6-11,15H,5H2,1-4H3,(H,16,17). The van der Waals surface area contributed by atoms with Gasteiger partial charge in [0.15, 0.2) is 0 Å². The van der Waals surface area contributed by atoms with Gasteiger partial charge in [-0.05, 0) is 25.0 Å². The van der Waals surface area contributed by atoms with Crippen LogP contribution in [-0.2, 0) is 0 Å². The number of para-hydroxylation sites is 1. The Morgan fingerprint density at radius 2 is 1.94 bits per heavy atom. The number of anilines is 1. The van der Waals surface area contributed by atoms with Crippen LogP contribution in [0, 0.1) is 5.92 Å². The minimum atomic E-state index is -0.0113. The van der Waals surface area contributed by atoms with Crippen LogP contribution in [0.3, 0.4) is 0 Å². The molecule has 0 saturated heterocycles. The molecule has 1 aromatic carbocycles. The van der Waals surface area contributed by atoms with Gasteiger partial charge in [-0.2, -0.15) is 0 Å². The fourth-order valence-corrected chi connectivity index (χ4v) is 1.68. The molecule has 0 saturated carbocycles. The molecule has 3 nitrogen and oxygen atoms in total. The first-order valence-corrected chi connectivity index (χ1v) is 6.17. The third-order valence-electron chi connectivity index (χ3n) is 3.30. The summed E-state index contributed by atoms with van der Waals surface area (Å²) in [7, 11) is 1.82. The van der Waals surface area contributed by atoms with Gasteiger partial charge in [0.25, 0.3) is 5.91 Å². The summed E-state index contributed by atoms with van der Waals surface area (Å²) >= 11 is 0. The Morgan fingerprint density at radius 3 is 2.53 bits per heavy atom. The van der Waals surface area contributed by atoms with Crippen LogP contribution in [0.25, 0.3) is 0 Å². The molecule has 0 aromatic heterocycles. The largest absolute Gasteiger partial charge is 0.387 e. The zero-order valence-electron chi connectivity index (χ0n) is 11.1. The topological polar surface area (TPSA) is 41.1 Å². The van der Waals surface area contributed by atoms with Gasteiger partial charge in [-0.1, -0.05) is 32.4 Å². The van der Waals surface area contributed by atoms with E-state index in [1.54, 1.807) is 0 Å². The van der Waals surface area contributed by atoms with Crippen LogP contribution < -0.4 is 10.6 Å². The molecule has 1 rings (SSSR count). The summed E-state index contributed by atoms with van der Waals surface area (Å²) in [6.07, 6.45) is 1.06. The molecule has 0 fully saturated rings. The second-order valence-electron chi connectivity index (χ2n) is 4.44. The first-order valence-electron chi connectivity index (χ1n) is 6.17. The molecule has 0 aliphatic heterocycles. The smallest absolute Gasteiger partial charge is 0.253 e. The van der Waals surface area contributed by atoms with Gasteiger partial charge in [0, 0.05) is 18.8 Å². The van der Waals surface area contributed by atoms with E-state index in [-0.39, 0.29) is 11.9 Å². The van der Waals surface area contributed by atoms with Gasteiger partial charge in [-0.15, -0.1) is 0 Å². The lowest BCUT2D eigenvalue weighted by molar-refractivity contribution is 0.0929. The maximum atomic E-state index is 12.1. The summed E-state index contributed by atoms with van der Waals surface area (Å²) in [5, 5.41) is 6.07. The van der Waals surface area contributed by atoms with Crippen molar-refractivity contribution >= 4 is 11.6 Å². The van der Waals surface area contributed by atoms with Gasteiger partial charge < -0.3 is 10.6 Å². The molecule has 94 valence electrons. The van der Waals surface area contributed by atoms with Crippen molar-refractivity contribution in [2.45, 2.75) is 33.2 Å². The molecule has 0 bridgehead atoms. The van der Waals surface area contributed by atoms with Crippen molar-refractivity contribution in [1.82, 2.24) is 5.32 Å². The molecule has 2 atom stereocenters. The van der Waals surface area contributed by atoms with E-state index in [9.17, 15) is 4.79 Å². The van der Waals surface area contributed by atoms with Crippen molar-refractivity contribution in [3.8, 4) is 0 Å². The van der Waals surface area contributed by atoms with Crippen LogP contribution in [-0.4, -0.2) is 19.0 Å². The minimum absolute atomic E-state index is 0.0113. The Morgan fingerprint density at radius 1 is 1.29 bits per heavy atom. The van der Waals surface area contributed by atoms with Crippen molar-refractivity contribution in [3.63, 3.8) is 0 Å². The maximum absolute atomic E-state index is 12.1. The Bertz CT molecular complexity index is 376. The predicted octanol–water partition coefficient (Wildman–Crippen LogP) is 2.89. The Labute approximate surface area is 104 Å². The second kappa shape index (κ2) is 6.28. The molecule has 0 aliphatic carbocycles. The summed E-state index contributed by atoms with van der Waals surface area (Å²) in [4.78, 5) is 12.1. The average Bonchev–Trinajstić information content (AvgIpc) is 2.37. The third-order valence-corrected chi connectivity index (χ3v) is 3.30. The number of carbonyl (C=O) groups is 1. The molecule has 2 N–H and O–H groups in total. The van der Waals surface area contributed by atoms with Crippen LogP contribution in [0.2, 0.25) is 0 Å². The van der Waals surface area contributed by atoms with E-state index < -0.39 is 0 Å². The molecule has 2 unspecified atom stereocenters. The van der Waals surface area contributed by atoms with E-state index in [4.69, 9.17) is 0 Å². The van der Waals surface area contributed by atoms with Crippen LogP contribution in [0.15, 0.2) is 24.3 Å². The van der Waals surface area contributed by atoms with Crippen molar-refractivity contribution in [2.24, 2.45) is 5.92 Å². The van der Waals surface area contributed by atoms with Crippen molar-refractivity contribution < 1.29 is 4.79 Å². The van der Waals surface area contributed by atoms with Gasteiger partial charge in [0.2, 0.25) is 0 Å². The van der Waals surface area contributed by atoms with E-state index in [1.807, 2.05) is 38.2 Å². The number of benzene rings is 1. The van der Waals surface area contributed by atoms with E-state index >= 15 is 0 Å². The van der Waals surface area contributed by atoms with E-state index in [2.05, 4.69) is 24.5 Å². The summed E-state index contributed by atoms with van der Waals surface area (Å²) in [6, 6.07) is 7.73. The van der Waals surface area contributed by atoms with Gasteiger partial charge in [-0.3, -0.25) is 4.79 Å². The molecule has 0 spiro atoms. The summed E-state index contributed by atoms with van der Waals surface area (Å²) in [6.45, 7) is 6.33. The first kappa shape index (κ1) is 13.6. The molecule has 3 heteroatoms. The molecule has 1 amide bonds. The summed E-state index contributed by atoms with van der Waals surface area (Å²) in [5.41, 5.74) is 1.56. The summed E-state index contributed by atoms with van der Waals surface area (Å²) < 4.78 is 0. The number of carbonyl (C=O) groups excluding carboxylic acids is 1. The highest BCUT2D eigenvalue weighted by Gasteiger charge is 2.16. The highest BCUT2D eigenvalue weighted by molar-refractivity contribution is 5.99. The second-order valence-corrected chi connectivity index (χ2v) is 4.44. The summed E-state index contributed by atoms with van der Waals surface area (Å²) in [5.74, 6) is 0.475. The van der Waals surface area contributed by atoms with Gasteiger partial charge in [0.1, 0.15) is 0 Å². The molecule has 0 heterocycles. The maximum Gasteiger partial charge on any atom is 0.253 e. The van der Waals surface area contributed by atoms with Crippen LogP contribution in [0.4, 0.5) is 5.69 Å². The predicted molar refractivity (Wildman–Crippen MR) is 72.4 cm³/mol. The number of hydrogen-bond acceptors (Lipinski definition) is 2. The number of amides is 1. The molecule has 0 aliphatic rings. The lowest BCUT2D eigenvalue weighted by Crippen LogP contribution is -2.37. The molecular weight excluding hydrogens is 212 g/mol. The third kappa shape index (κ3) is 3.48. The fraction of sp³-hybridized carbons (Fsp3) is 0.500. The van der Waals surface area contributed by atoms with Gasteiger partial charge in [0.05, 0.1) is 5.56 Å². The van der Waals surface area contributed by atoms with E-state index in [0.29, 0.717) is 11.5 Å². The van der Waals surface area contributed by atoms with Crippen LogP contribution >= 0.6 is 0 Å². The number of nitrogens with one attached hydrogen (secondary N) is 2. The van der Waals surface area contributed by atoms with Gasteiger partial charge >= 0.3 is 0 Å². The lowest BCUT2D eigenvalue weighted by Gasteiger charge is -2.20. The Kier molecular flexibility index (Phi) is 5.01. The van der Waals surface area contributed by atoms with Gasteiger partial charge in [-0.25, -0.2) is 0 Å². The first-order chi connectivity index (χ1) is 8.10. The fourth-order valence-electron chi connectivity index (χ4n) is 1.68. The lowest BCUT2D eigenvalue weighted by atomic mass is 10.0. The Balaban J connectivity index is 2.76. The molecule has 1 aromatic rings. The van der Waals surface area contributed by atoms with Crippen LogP contribution in [0.5, 0.6) is 0 Å². The normalized spacial score (nSPS) is 13.9. The van der Waals surface area contributed by atoms with Crippen molar-refractivity contribution in [3.05, 3.63) is 29.8 Å². The van der Waals surface area contributed by atoms with Crippen molar-refractivity contribution in [1.29, 1.82) is 0 Å². The molecule has 17 heavy (non-hydrogen) atoms. The molecule has 0 radical (unpaired) electrons.